The van der Waals surface area contributed by atoms with E-state index in [-0.39, 0.29) is 5.41 Å². The molecule has 1 aliphatic rings. The van der Waals surface area contributed by atoms with Crippen molar-refractivity contribution in [2.75, 3.05) is 20.2 Å². The lowest BCUT2D eigenvalue weighted by Crippen LogP contribution is -2.40. The van der Waals surface area contributed by atoms with Gasteiger partial charge in [-0.15, -0.1) is 0 Å². The molecule has 0 bridgehead atoms. The van der Waals surface area contributed by atoms with Crippen LogP contribution in [0.2, 0.25) is 0 Å². The summed E-state index contributed by atoms with van der Waals surface area (Å²) in [4.78, 5) is 2.38. The molecule has 0 atom stereocenters. The van der Waals surface area contributed by atoms with E-state index in [0.29, 0.717) is 6.61 Å². The van der Waals surface area contributed by atoms with Crippen molar-refractivity contribution < 1.29 is 5.11 Å². The van der Waals surface area contributed by atoms with Crippen LogP contribution in [0.4, 0.5) is 0 Å². The van der Waals surface area contributed by atoms with Gasteiger partial charge in [0, 0.05) is 25.1 Å². The summed E-state index contributed by atoms with van der Waals surface area (Å²) in [6.45, 7) is 6.78. The van der Waals surface area contributed by atoms with Crippen molar-refractivity contribution in [2.24, 2.45) is 11.3 Å². The quantitative estimate of drug-likeness (QED) is 0.887. The minimum atomic E-state index is 0.130. The largest absolute Gasteiger partial charge is 0.396 e. The van der Waals surface area contributed by atoms with E-state index in [9.17, 15) is 5.11 Å². The standard InChI is InChI=1S/C18H29NO/c1-15-7-9-18(14-20,10-8-15)13-19(3)12-17-6-4-5-16(2)11-17/h4-6,11,15,20H,7-10,12-14H2,1-3H3. The average Bonchev–Trinajstić information content (AvgIpc) is 2.41. The number of hydrogen-bond acceptors (Lipinski definition) is 2. The van der Waals surface area contributed by atoms with Crippen molar-refractivity contribution in [3.05, 3.63) is 35.4 Å². The van der Waals surface area contributed by atoms with E-state index in [1.165, 1.54) is 36.8 Å². The smallest absolute Gasteiger partial charge is 0.0499 e. The SMILES string of the molecule is Cc1cccc(CN(C)CC2(CO)CCC(C)CC2)c1. The number of rotatable bonds is 5. The van der Waals surface area contributed by atoms with Crippen molar-refractivity contribution in [2.45, 2.75) is 46.1 Å². The predicted octanol–water partition coefficient (Wildman–Crippen LogP) is 3.62. The van der Waals surface area contributed by atoms with Crippen LogP contribution in [0, 0.1) is 18.3 Å². The first-order valence-electron chi connectivity index (χ1n) is 7.88. The molecule has 1 aliphatic carbocycles. The third-order valence-corrected chi connectivity index (χ3v) is 4.81. The molecule has 0 unspecified atom stereocenters. The topological polar surface area (TPSA) is 23.5 Å². The monoisotopic (exact) mass is 275 g/mol. The highest BCUT2D eigenvalue weighted by atomic mass is 16.3. The van der Waals surface area contributed by atoms with Crippen molar-refractivity contribution in [1.82, 2.24) is 4.90 Å². The maximum Gasteiger partial charge on any atom is 0.0499 e. The third-order valence-electron chi connectivity index (χ3n) is 4.81. The average molecular weight is 275 g/mol. The highest BCUT2D eigenvalue weighted by molar-refractivity contribution is 5.22. The Kier molecular flexibility index (Phi) is 5.22. The second kappa shape index (κ2) is 6.73. The van der Waals surface area contributed by atoms with E-state index >= 15 is 0 Å². The number of hydrogen-bond donors (Lipinski definition) is 1. The molecule has 2 heteroatoms. The second-order valence-electron chi connectivity index (χ2n) is 7.00. The lowest BCUT2D eigenvalue weighted by molar-refractivity contribution is 0.0346. The number of aryl methyl sites for hydroxylation is 1. The third kappa shape index (κ3) is 4.07. The Bertz CT molecular complexity index is 421. The predicted molar refractivity (Wildman–Crippen MR) is 84.7 cm³/mol. The molecular formula is C18H29NO. The molecule has 112 valence electrons. The molecule has 0 amide bonds. The van der Waals surface area contributed by atoms with Gasteiger partial charge in [0.1, 0.15) is 0 Å². The number of benzene rings is 1. The summed E-state index contributed by atoms with van der Waals surface area (Å²) in [6, 6.07) is 8.72. The van der Waals surface area contributed by atoms with E-state index in [0.717, 1.165) is 19.0 Å². The Balaban J connectivity index is 1.94. The summed E-state index contributed by atoms with van der Waals surface area (Å²) < 4.78 is 0. The van der Waals surface area contributed by atoms with Crippen LogP contribution in [0.15, 0.2) is 24.3 Å². The molecule has 0 spiro atoms. The summed E-state index contributed by atoms with van der Waals surface area (Å²) in [6.07, 6.45) is 4.86. The molecule has 0 radical (unpaired) electrons. The van der Waals surface area contributed by atoms with E-state index in [2.05, 4.69) is 50.1 Å². The molecule has 2 nitrogen and oxygen atoms in total. The van der Waals surface area contributed by atoms with Gasteiger partial charge in [0.15, 0.2) is 0 Å². The van der Waals surface area contributed by atoms with Crippen LogP contribution in [0.1, 0.15) is 43.7 Å². The van der Waals surface area contributed by atoms with E-state index < -0.39 is 0 Å². The van der Waals surface area contributed by atoms with Crippen molar-refractivity contribution in [3.8, 4) is 0 Å². The van der Waals surface area contributed by atoms with Gasteiger partial charge in [0.2, 0.25) is 0 Å². The Morgan fingerprint density at radius 2 is 2.00 bits per heavy atom. The van der Waals surface area contributed by atoms with Crippen molar-refractivity contribution >= 4 is 0 Å². The van der Waals surface area contributed by atoms with Crippen LogP contribution in [-0.2, 0) is 6.54 Å². The first-order valence-corrected chi connectivity index (χ1v) is 7.88. The first-order chi connectivity index (χ1) is 9.53. The maximum absolute atomic E-state index is 9.86. The first kappa shape index (κ1) is 15.5. The molecule has 1 aromatic rings. The van der Waals surface area contributed by atoms with Crippen LogP contribution < -0.4 is 0 Å². The Labute approximate surface area is 123 Å². The number of aliphatic hydroxyl groups excluding tert-OH is 1. The lowest BCUT2D eigenvalue weighted by Gasteiger charge is -2.40. The number of aliphatic hydroxyl groups is 1. The van der Waals surface area contributed by atoms with E-state index in [1.807, 2.05) is 0 Å². The minimum Gasteiger partial charge on any atom is -0.396 e. The van der Waals surface area contributed by atoms with Gasteiger partial charge in [-0.2, -0.15) is 0 Å². The molecule has 0 aliphatic heterocycles. The Morgan fingerprint density at radius 1 is 1.30 bits per heavy atom. The van der Waals surface area contributed by atoms with Gasteiger partial charge in [-0.1, -0.05) is 49.6 Å². The van der Waals surface area contributed by atoms with Crippen LogP contribution in [-0.4, -0.2) is 30.2 Å². The van der Waals surface area contributed by atoms with Crippen LogP contribution in [0.5, 0.6) is 0 Å². The summed E-state index contributed by atoms with van der Waals surface area (Å²) >= 11 is 0. The minimum absolute atomic E-state index is 0.130. The zero-order valence-corrected chi connectivity index (χ0v) is 13.2. The zero-order valence-electron chi connectivity index (χ0n) is 13.2. The molecule has 1 saturated carbocycles. The van der Waals surface area contributed by atoms with Crippen LogP contribution in [0.25, 0.3) is 0 Å². The van der Waals surface area contributed by atoms with Gasteiger partial charge in [0.05, 0.1) is 0 Å². The fraction of sp³-hybridized carbons (Fsp3) is 0.667. The number of nitrogens with zero attached hydrogens (tertiary/aromatic N) is 1. The normalized spacial score (nSPS) is 26.9. The Morgan fingerprint density at radius 3 is 2.60 bits per heavy atom. The van der Waals surface area contributed by atoms with Gasteiger partial charge in [-0.3, -0.25) is 0 Å². The molecule has 1 fully saturated rings. The van der Waals surface area contributed by atoms with Gasteiger partial charge < -0.3 is 10.0 Å². The second-order valence-corrected chi connectivity index (χ2v) is 7.00. The molecule has 2 rings (SSSR count). The molecule has 0 aromatic heterocycles. The summed E-state index contributed by atoms with van der Waals surface area (Å²) in [5, 5.41) is 9.86. The molecule has 0 saturated heterocycles. The molecule has 0 heterocycles. The molecule has 1 aromatic carbocycles. The van der Waals surface area contributed by atoms with E-state index in [1.54, 1.807) is 0 Å². The molecule has 20 heavy (non-hydrogen) atoms. The van der Waals surface area contributed by atoms with Gasteiger partial charge in [-0.25, -0.2) is 0 Å². The molecular weight excluding hydrogens is 246 g/mol. The van der Waals surface area contributed by atoms with Crippen LogP contribution in [0.3, 0.4) is 0 Å². The Hall–Kier alpha value is -0.860. The fourth-order valence-corrected chi connectivity index (χ4v) is 3.49. The van der Waals surface area contributed by atoms with Crippen molar-refractivity contribution in [1.29, 1.82) is 0 Å². The summed E-state index contributed by atoms with van der Waals surface area (Å²) in [5.74, 6) is 0.830. The van der Waals surface area contributed by atoms with Crippen LogP contribution >= 0.6 is 0 Å². The van der Waals surface area contributed by atoms with E-state index in [4.69, 9.17) is 0 Å². The fourth-order valence-electron chi connectivity index (χ4n) is 3.49. The van der Waals surface area contributed by atoms with Gasteiger partial charge >= 0.3 is 0 Å². The lowest BCUT2D eigenvalue weighted by atomic mass is 9.71. The van der Waals surface area contributed by atoms with Gasteiger partial charge in [-0.05, 0) is 38.3 Å². The van der Waals surface area contributed by atoms with Gasteiger partial charge in [0.25, 0.3) is 0 Å². The zero-order chi connectivity index (χ0) is 14.6. The van der Waals surface area contributed by atoms with Crippen molar-refractivity contribution in [3.63, 3.8) is 0 Å². The highest BCUT2D eigenvalue weighted by Gasteiger charge is 2.34. The summed E-state index contributed by atoms with van der Waals surface area (Å²) in [7, 11) is 2.18. The molecule has 1 N–H and O–H groups in total. The maximum atomic E-state index is 9.86. The summed E-state index contributed by atoms with van der Waals surface area (Å²) in [5.41, 5.74) is 2.81. The highest BCUT2D eigenvalue weighted by Crippen LogP contribution is 2.39.